The number of halogens is 1. The quantitative estimate of drug-likeness (QED) is 0.0515. The summed E-state index contributed by atoms with van der Waals surface area (Å²) in [5.41, 5.74) is 4.81. The zero-order chi connectivity index (χ0) is 34.2. The van der Waals surface area contributed by atoms with Gasteiger partial charge < -0.3 is 28.4 Å². The van der Waals surface area contributed by atoms with Crippen molar-refractivity contribution in [3.8, 4) is 10.4 Å². The van der Waals surface area contributed by atoms with E-state index in [1.807, 2.05) is 32.0 Å². The van der Waals surface area contributed by atoms with Gasteiger partial charge in [-0.3, -0.25) is 9.79 Å². The molecule has 0 amide bonds. The Morgan fingerprint density at radius 3 is 2.24 bits per heavy atom. The van der Waals surface area contributed by atoms with Gasteiger partial charge in [-0.1, -0.05) is 39.3 Å². The van der Waals surface area contributed by atoms with Crippen LogP contribution in [0.3, 0.4) is 0 Å². The molecule has 2 N–H and O–H groups in total. The van der Waals surface area contributed by atoms with Crippen LogP contribution in [0.5, 0.6) is 0 Å². The lowest BCUT2D eigenvalue weighted by atomic mass is 9.86. The topological polar surface area (TPSA) is 99.6 Å². The number of allylic oxidation sites excluding steroid dienone is 2. The molecule has 0 saturated heterocycles. The second-order valence-electron chi connectivity index (χ2n) is 11.1. The number of carbonyl (C=O) groups excluding carboxylic acids is 1. The first kappa shape index (κ1) is 42.1. The molecule has 0 fully saturated rings. The normalized spacial score (nSPS) is 12.2. The summed E-state index contributed by atoms with van der Waals surface area (Å²) in [5, 5.41) is 2.86. The number of aliphatic imine (C=N–C) groups is 1. The van der Waals surface area contributed by atoms with Gasteiger partial charge in [0.15, 0.2) is 0 Å². The highest BCUT2D eigenvalue weighted by atomic mass is 35.5. The van der Waals surface area contributed by atoms with Gasteiger partial charge in [-0.25, -0.2) is 4.72 Å². The number of thiophene rings is 1. The standard InChI is InChI=1S/C24H32ClN3O2S2.C10H22O4/c1-7-17(11-23(26-6)24(4,5)14-30-15-29)18-10-22(31-13-18)20-9-8-19(12-21(20)25)28-32-27-16(2)3;1-3-4-12-7-8-14-10-9-13-6-5-11-2/h8-13,15-16,27-28H,7,14H2,1-6H3;3-10H2,1-2H3/b17-11+,26-23?;. The fourth-order valence-electron chi connectivity index (χ4n) is 3.89. The van der Waals surface area contributed by atoms with E-state index in [0.717, 1.165) is 46.9 Å². The van der Waals surface area contributed by atoms with Crippen LogP contribution in [0.15, 0.2) is 40.7 Å². The molecule has 0 bridgehead atoms. The lowest BCUT2D eigenvalue weighted by Crippen LogP contribution is -2.28. The SMILES string of the molecule is CC/C(=C\C(=NC)C(C)(C)COC=O)c1csc(-c2ccc(NSNC(C)C)cc2Cl)c1.CCCOCCOCCOCCOC. The lowest BCUT2D eigenvalue weighted by Gasteiger charge is -2.24. The van der Waals surface area contributed by atoms with Gasteiger partial charge in [-0.05, 0) is 73.5 Å². The highest BCUT2D eigenvalue weighted by Gasteiger charge is 2.25. The molecule has 0 saturated carbocycles. The van der Waals surface area contributed by atoms with E-state index in [1.165, 1.54) is 17.7 Å². The van der Waals surface area contributed by atoms with Crippen LogP contribution in [0.1, 0.15) is 59.9 Å². The molecule has 0 atom stereocenters. The average molecular weight is 700 g/mol. The third-order valence-corrected chi connectivity index (χ3v) is 8.53. The van der Waals surface area contributed by atoms with Crippen molar-refractivity contribution in [2.75, 3.05) is 71.7 Å². The number of hydrogen-bond donors (Lipinski definition) is 2. The Bertz CT molecular complexity index is 1160. The van der Waals surface area contributed by atoms with Gasteiger partial charge in [0.05, 0.1) is 44.7 Å². The van der Waals surface area contributed by atoms with Crippen LogP contribution in [0.25, 0.3) is 16.0 Å². The number of methoxy groups -OCH3 is 1. The second kappa shape index (κ2) is 25.1. The zero-order valence-electron chi connectivity index (χ0n) is 28.8. The third kappa shape index (κ3) is 17.3. The van der Waals surface area contributed by atoms with E-state index in [4.69, 9.17) is 35.3 Å². The van der Waals surface area contributed by atoms with E-state index in [2.05, 4.69) is 59.7 Å². The number of carbonyl (C=O) groups is 1. The van der Waals surface area contributed by atoms with Crippen molar-refractivity contribution in [1.82, 2.24) is 4.72 Å². The predicted octanol–water partition coefficient (Wildman–Crippen LogP) is 8.20. The van der Waals surface area contributed by atoms with E-state index in [9.17, 15) is 4.79 Å². The van der Waals surface area contributed by atoms with Crippen molar-refractivity contribution >= 4 is 58.5 Å². The molecule has 1 aromatic heterocycles. The van der Waals surface area contributed by atoms with E-state index < -0.39 is 0 Å². The number of anilines is 1. The molecule has 46 heavy (non-hydrogen) atoms. The number of benzene rings is 1. The smallest absolute Gasteiger partial charge is 0.293 e. The maximum atomic E-state index is 10.6. The van der Waals surface area contributed by atoms with Crippen molar-refractivity contribution in [1.29, 1.82) is 0 Å². The minimum Gasteiger partial charge on any atom is -0.467 e. The van der Waals surface area contributed by atoms with Crippen LogP contribution in [0, 0.1) is 5.41 Å². The van der Waals surface area contributed by atoms with Crippen molar-refractivity contribution in [3.63, 3.8) is 0 Å². The summed E-state index contributed by atoms with van der Waals surface area (Å²) >= 11 is 9.72. The van der Waals surface area contributed by atoms with Gasteiger partial charge in [0.1, 0.15) is 6.61 Å². The van der Waals surface area contributed by atoms with Crippen LogP contribution < -0.4 is 9.44 Å². The summed E-state index contributed by atoms with van der Waals surface area (Å²) in [6.07, 6.45) is 4.02. The average Bonchev–Trinajstić information content (AvgIpc) is 3.51. The van der Waals surface area contributed by atoms with Crippen molar-refractivity contribution in [2.24, 2.45) is 10.4 Å². The summed E-state index contributed by atoms with van der Waals surface area (Å²) in [4.78, 5) is 16.2. The molecule has 0 aliphatic carbocycles. The highest BCUT2D eigenvalue weighted by molar-refractivity contribution is 7.98. The van der Waals surface area contributed by atoms with E-state index in [0.29, 0.717) is 57.2 Å². The highest BCUT2D eigenvalue weighted by Crippen LogP contribution is 2.37. The first-order valence-electron chi connectivity index (χ1n) is 15.6. The summed E-state index contributed by atoms with van der Waals surface area (Å²) in [5.74, 6) is 0. The zero-order valence-corrected chi connectivity index (χ0v) is 31.2. The number of hydrogen-bond acceptors (Lipinski definition) is 11. The number of ether oxygens (including phenoxy) is 5. The Morgan fingerprint density at radius 1 is 1.04 bits per heavy atom. The van der Waals surface area contributed by atoms with Gasteiger partial charge >= 0.3 is 0 Å². The summed E-state index contributed by atoms with van der Waals surface area (Å²) in [6.45, 7) is 17.8. The lowest BCUT2D eigenvalue weighted by molar-refractivity contribution is -0.130. The van der Waals surface area contributed by atoms with Crippen LogP contribution in [-0.4, -0.2) is 85.2 Å². The van der Waals surface area contributed by atoms with E-state index >= 15 is 0 Å². The molecule has 260 valence electrons. The van der Waals surface area contributed by atoms with Crippen molar-refractivity contribution < 1.29 is 28.5 Å². The summed E-state index contributed by atoms with van der Waals surface area (Å²) in [6, 6.07) is 8.58. The Labute approximate surface area is 290 Å². The van der Waals surface area contributed by atoms with Gasteiger partial charge in [0.25, 0.3) is 6.47 Å². The van der Waals surface area contributed by atoms with Crippen LogP contribution >= 0.6 is 35.1 Å². The number of nitrogens with zero attached hydrogens (tertiary/aromatic N) is 1. The molecule has 12 heteroatoms. The molecule has 1 aromatic carbocycles. The van der Waals surface area contributed by atoms with Crippen LogP contribution in [0.4, 0.5) is 5.69 Å². The van der Waals surface area contributed by atoms with Crippen LogP contribution in [-0.2, 0) is 28.5 Å². The summed E-state index contributed by atoms with van der Waals surface area (Å²) < 4.78 is 32.1. The molecule has 0 unspecified atom stereocenters. The van der Waals surface area contributed by atoms with Gasteiger partial charge in [0, 0.05) is 66.2 Å². The Morgan fingerprint density at radius 2 is 1.70 bits per heavy atom. The van der Waals surface area contributed by atoms with Crippen molar-refractivity contribution in [3.05, 3.63) is 46.3 Å². The minimum absolute atomic E-state index is 0.284. The molecular weight excluding hydrogens is 646 g/mol. The Balaban J connectivity index is 0.000000636. The van der Waals surface area contributed by atoms with E-state index in [1.54, 1.807) is 25.5 Å². The van der Waals surface area contributed by atoms with Crippen LogP contribution in [0.2, 0.25) is 5.02 Å². The number of nitrogens with one attached hydrogen (secondary N) is 2. The fourth-order valence-corrected chi connectivity index (χ4v) is 5.74. The molecule has 0 aliphatic rings. The predicted molar refractivity (Wildman–Crippen MR) is 196 cm³/mol. The maximum Gasteiger partial charge on any atom is 0.293 e. The van der Waals surface area contributed by atoms with Crippen molar-refractivity contribution in [2.45, 2.75) is 60.4 Å². The first-order chi connectivity index (χ1) is 22.1. The second-order valence-corrected chi connectivity index (χ2v) is 13.1. The first-order valence-corrected chi connectivity index (χ1v) is 17.7. The van der Waals surface area contributed by atoms with E-state index in [-0.39, 0.29) is 12.0 Å². The van der Waals surface area contributed by atoms with Gasteiger partial charge in [-0.2, -0.15) is 0 Å². The third-order valence-electron chi connectivity index (χ3n) is 6.33. The molecule has 0 spiro atoms. The molecule has 0 radical (unpaired) electrons. The summed E-state index contributed by atoms with van der Waals surface area (Å²) in [7, 11) is 3.43. The number of rotatable bonds is 23. The van der Waals surface area contributed by atoms with Gasteiger partial charge in [0.2, 0.25) is 0 Å². The molecular formula is C34H54ClN3O6S2. The molecule has 2 aromatic rings. The molecule has 0 aliphatic heterocycles. The Hall–Kier alpha value is -1.96. The largest absolute Gasteiger partial charge is 0.467 e. The molecule has 1 heterocycles. The fraction of sp³-hybridized carbons (Fsp3) is 0.588. The molecule has 2 rings (SSSR count). The van der Waals surface area contributed by atoms with Gasteiger partial charge in [-0.15, -0.1) is 11.3 Å². The maximum absolute atomic E-state index is 10.6. The minimum atomic E-state index is -0.372. The molecule has 9 nitrogen and oxygen atoms in total. The Kier molecular flexibility index (Phi) is 23.0. The monoisotopic (exact) mass is 699 g/mol.